The van der Waals surface area contributed by atoms with Crippen LogP contribution >= 0.6 is 27.5 Å². The minimum atomic E-state index is 0.597. The fourth-order valence-electron chi connectivity index (χ4n) is 0.674. The van der Waals surface area contributed by atoms with Crippen LogP contribution in [-0.4, -0.2) is 0 Å². The number of rotatable bonds is 0. The molecule has 0 amide bonds. The molecule has 0 N–H and O–H groups in total. The van der Waals surface area contributed by atoms with Crippen LogP contribution in [0.1, 0.15) is 5.56 Å². The lowest BCUT2D eigenvalue weighted by molar-refractivity contribution is 1.54. The highest BCUT2D eigenvalue weighted by atomic mass is 79.9. The Balaban J connectivity index is 3.07. The van der Waals surface area contributed by atoms with E-state index >= 15 is 0 Å². The number of halogens is 2. The Morgan fingerprint density at radius 2 is 2.17 bits per heavy atom. The maximum atomic E-state index is 8.19. The van der Waals surface area contributed by atoms with E-state index in [9.17, 15) is 0 Å². The van der Waals surface area contributed by atoms with Gasteiger partial charge in [0.25, 0.3) is 0 Å². The summed E-state index contributed by atoms with van der Waals surface area (Å²) in [5, 5.41) is 8.78. The molecule has 0 radical (unpaired) electrons. The summed E-state index contributed by atoms with van der Waals surface area (Å²) in [7, 11) is 0. The van der Waals surface area contributed by atoms with Crippen LogP contribution in [0, 0.1) is 23.2 Å². The Morgan fingerprint density at radius 1 is 1.42 bits per heavy atom. The highest BCUT2D eigenvalue weighted by Crippen LogP contribution is 2.22. The van der Waals surface area contributed by atoms with Crippen LogP contribution < -0.4 is 0 Å². The molecule has 0 aromatic heterocycles. The van der Waals surface area contributed by atoms with Crippen molar-refractivity contribution < 1.29 is 0 Å². The molecule has 0 unspecified atom stereocenters. The number of nitriles is 1. The summed E-state index contributed by atoms with van der Waals surface area (Å²) in [4.78, 5) is 0. The topological polar surface area (TPSA) is 23.8 Å². The largest absolute Gasteiger partial charge is 0.183 e. The smallest absolute Gasteiger partial charge is 0.152 e. The van der Waals surface area contributed by atoms with Crippen molar-refractivity contribution in [3.63, 3.8) is 0 Å². The van der Waals surface area contributed by atoms with Crippen molar-refractivity contribution in [3.8, 4) is 17.9 Å². The molecule has 0 aliphatic heterocycles. The van der Waals surface area contributed by atoms with Gasteiger partial charge in [-0.05, 0) is 34.1 Å². The normalized spacial score (nSPS) is 8.08. The lowest BCUT2D eigenvalue weighted by Crippen LogP contribution is -1.74. The Labute approximate surface area is 84.1 Å². The average molecular weight is 240 g/mol. The molecule has 3 heteroatoms. The molecular formula is C9H3BrClN. The van der Waals surface area contributed by atoms with E-state index in [0.717, 1.165) is 10.0 Å². The van der Waals surface area contributed by atoms with Gasteiger partial charge in [-0.1, -0.05) is 17.5 Å². The van der Waals surface area contributed by atoms with Gasteiger partial charge < -0.3 is 0 Å². The molecule has 0 aliphatic rings. The molecule has 0 bridgehead atoms. The minimum Gasteiger partial charge on any atom is -0.183 e. The van der Waals surface area contributed by atoms with Crippen molar-refractivity contribution in [2.24, 2.45) is 0 Å². The molecule has 0 heterocycles. The highest BCUT2D eigenvalue weighted by Gasteiger charge is 1.95. The summed E-state index contributed by atoms with van der Waals surface area (Å²) in [5.74, 6) is 4.94. The van der Waals surface area contributed by atoms with Gasteiger partial charge in [-0.25, -0.2) is 0 Å². The van der Waals surface area contributed by atoms with Gasteiger partial charge in [-0.2, -0.15) is 5.26 Å². The molecule has 12 heavy (non-hydrogen) atoms. The van der Waals surface area contributed by atoms with Crippen molar-refractivity contribution in [1.82, 2.24) is 0 Å². The van der Waals surface area contributed by atoms with Gasteiger partial charge in [0, 0.05) is 16.0 Å². The van der Waals surface area contributed by atoms with Crippen LogP contribution in [0.3, 0.4) is 0 Å². The first-order valence-electron chi connectivity index (χ1n) is 3.09. The van der Waals surface area contributed by atoms with Gasteiger partial charge in [0.2, 0.25) is 0 Å². The van der Waals surface area contributed by atoms with E-state index in [2.05, 4.69) is 27.8 Å². The maximum Gasteiger partial charge on any atom is 0.152 e. The number of benzene rings is 1. The molecule has 0 atom stereocenters. The summed E-state index contributed by atoms with van der Waals surface area (Å²) in [6, 6.07) is 7.03. The van der Waals surface area contributed by atoms with E-state index < -0.39 is 0 Å². The minimum absolute atomic E-state index is 0.597. The summed E-state index contributed by atoms with van der Waals surface area (Å²) >= 11 is 9.05. The van der Waals surface area contributed by atoms with E-state index in [1.807, 2.05) is 0 Å². The molecule has 0 fully saturated rings. The third-order valence-corrected chi connectivity index (χ3v) is 2.41. The lowest BCUT2D eigenvalue weighted by atomic mass is 10.2. The average Bonchev–Trinajstić information content (AvgIpc) is 2.07. The quantitative estimate of drug-likeness (QED) is 0.640. The van der Waals surface area contributed by atoms with Gasteiger partial charge >= 0.3 is 0 Å². The summed E-state index contributed by atoms with van der Waals surface area (Å²) in [5.41, 5.74) is 0.741. The van der Waals surface area contributed by atoms with Crippen LogP contribution in [0.4, 0.5) is 0 Å². The van der Waals surface area contributed by atoms with E-state index in [0.29, 0.717) is 5.02 Å². The fourth-order valence-corrected chi connectivity index (χ4v) is 1.10. The molecule has 1 rings (SSSR count). The predicted octanol–water partition coefficient (Wildman–Crippen LogP) is 2.98. The molecule has 1 aromatic rings. The highest BCUT2D eigenvalue weighted by molar-refractivity contribution is 9.10. The third kappa shape index (κ3) is 2.27. The standard InChI is InChI=1S/C9H3BrClN/c10-8-4-3-7(2-1-5-12)6-9(8)11/h3-4,6H. The zero-order chi connectivity index (χ0) is 8.97. The van der Waals surface area contributed by atoms with Crippen LogP contribution in [0.5, 0.6) is 0 Å². The van der Waals surface area contributed by atoms with Gasteiger partial charge in [-0.3, -0.25) is 0 Å². The Kier molecular flexibility index (Phi) is 3.17. The van der Waals surface area contributed by atoms with Crippen LogP contribution in [0.15, 0.2) is 22.7 Å². The first kappa shape index (κ1) is 9.13. The molecule has 0 aliphatic carbocycles. The zero-order valence-electron chi connectivity index (χ0n) is 5.94. The summed E-state index contributed by atoms with van der Waals surface area (Å²) in [6.07, 6.45) is 0. The predicted molar refractivity (Wildman–Crippen MR) is 51.6 cm³/mol. The molecular weight excluding hydrogens is 237 g/mol. The second-order valence-corrected chi connectivity index (χ2v) is 3.25. The molecule has 58 valence electrons. The first-order valence-corrected chi connectivity index (χ1v) is 4.26. The first-order chi connectivity index (χ1) is 5.74. The van der Waals surface area contributed by atoms with E-state index in [1.165, 1.54) is 0 Å². The summed E-state index contributed by atoms with van der Waals surface area (Å²) in [6.45, 7) is 0. The lowest BCUT2D eigenvalue weighted by Gasteiger charge is -1.94. The van der Waals surface area contributed by atoms with Crippen molar-refractivity contribution in [3.05, 3.63) is 33.3 Å². The number of hydrogen-bond acceptors (Lipinski definition) is 1. The molecule has 1 aromatic carbocycles. The Hall–Kier alpha value is -0.960. The van der Waals surface area contributed by atoms with Gasteiger partial charge in [0.05, 0.1) is 5.02 Å². The molecule has 1 nitrogen and oxygen atoms in total. The fraction of sp³-hybridized carbons (Fsp3) is 0. The molecule has 0 saturated heterocycles. The van der Waals surface area contributed by atoms with E-state index in [4.69, 9.17) is 16.9 Å². The second-order valence-electron chi connectivity index (χ2n) is 1.99. The zero-order valence-corrected chi connectivity index (χ0v) is 8.28. The Bertz CT molecular complexity index is 395. The maximum absolute atomic E-state index is 8.19. The van der Waals surface area contributed by atoms with Crippen LogP contribution in [-0.2, 0) is 0 Å². The number of hydrogen-bond donors (Lipinski definition) is 0. The monoisotopic (exact) mass is 239 g/mol. The van der Waals surface area contributed by atoms with E-state index in [-0.39, 0.29) is 0 Å². The van der Waals surface area contributed by atoms with Gasteiger partial charge in [0.1, 0.15) is 0 Å². The Morgan fingerprint density at radius 3 is 2.75 bits per heavy atom. The van der Waals surface area contributed by atoms with Crippen molar-refractivity contribution in [1.29, 1.82) is 5.26 Å². The van der Waals surface area contributed by atoms with Crippen LogP contribution in [0.25, 0.3) is 0 Å². The number of nitrogens with zero attached hydrogens (tertiary/aromatic N) is 1. The van der Waals surface area contributed by atoms with E-state index in [1.54, 1.807) is 24.3 Å². The third-order valence-electron chi connectivity index (χ3n) is 1.18. The van der Waals surface area contributed by atoms with Gasteiger partial charge in [-0.15, -0.1) is 0 Å². The molecule has 0 saturated carbocycles. The van der Waals surface area contributed by atoms with Crippen molar-refractivity contribution in [2.75, 3.05) is 0 Å². The van der Waals surface area contributed by atoms with Crippen molar-refractivity contribution in [2.45, 2.75) is 0 Å². The molecule has 0 spiro atoms. The second kappa shape index (κ2) is 4.16. The SMILES string of the molecule is N#CC#Cc1ccc(Br)c(Cl)c1. The van der Waals surface area contributed by atoms with Crippen LogP contribution in [0.2, 0.25) is 5.02 Å². The van der Waals surface area contributed by atoms with Crippen molar-refractivity contribution >= 4 is 27.5 Å². The van der Waals surface area contributed by atoms with Gasteiger partial charge in [0.15, 0.2) is 6.07 Å². The summed E-state index contributed by atoms with van der Waals surface area (Å²) < 4.78 is 0.826.